The quantitative estimate of drug-likeness (QED) is 0.568. The molecule has 0 radical (unpaired) electrons. The molecule has 0 fully saturated rings. The predicted octanol–water partition coefficient (Wildman–Crippen LogP) is 2.41. The summed E-state index contributed by atoms with van der Waals surface area (Å²) in [5.74, 6) is -1.25. The Morgan fingerprint density at radius 1 is 1.12 bits per heavy atom. The molecular weight excluding hydrogens is 429 g/mol. The molecule has 0 unspecified atom stereocenters. The minimum atomic E-state index is -4.63. The first kappa shape index (κ1) is 22.9. The molecule has 0 atom stereocenters. The van der Waals surface area contributed by atoms with Crippen molar-refractivity contribution in [3.8, 4) is 5.69 Å². The topological polar surface area (TPSA) is 102 Å². The van der Waals surface area contributed by atoms with E-state index in [1.54, 1.807) is 12.1 Å². The van der Waals surface area contributed by atoms with Crippen molar-refractivity contribution in [3.05, 3.63) is 66.0 Å². The summed E-state index contributed by atoms with van der Waals surface area (Å²) in [4.78, 5) is 26.6. The number of carbonyl (C=O) groups excluding carboxylic acids is 2. The van der Waals surface area contributed by atoms with Crippen molar-refractivity contribution in [2.45, 2.75) is 6.18 Å². The van der Waals surface area contributed by atoms with E-state index in [0.717, 1.165) is 12.1 Å². The van der Waals surface area contributed by atoms with Crippen LogP contribution >= 0.6 is 0 Å². The number of carbonyl (C=O) groups is 2. The minimum Gasteiger partial charge on any atom is -0.383 e. The number of hydrogen-bond acceptors (Lipinski definition) is 6. The number of ether oxygens (including phenoxy) is 1. The summed E-state index contributed by atoms with van der Waals surface area (Å²) < 4.78 is 45.9. The van der Waals surface area contributed by atoms with E-state index in [2.05, 4.69) is 20.8 Å². The van der Waals surface area contributed by atoms with Crippen molar-refractivity contribution in [2.75, 3.05) is 32.1 Å². The summed E-state index contributed by atoms with van der Waals surface area (Å²) >= 11 is 0. The van der Waals surface area contributed by atoms with Crippen LogP contribution in [0.5, 0.6) is 0 Å². The van der Waals surface area contributed by atoms with Gasteiger partial charge in [0.15, 0.2) is 0 Å². The average Bonchev–Trinajstić information content (AvgIpc) is 3.31. The van der Waals surface area contributed by atoms with Gasteiger partial charge in [-0.3, -0.25) is 9.59 Å². The van der Waals surface area contributed by atoms with Crippen LogP contribution in [0, 0.1) is 0 Å². The number of rotatable bonds is 8. The zero-order chi connectivity index (χ0) is 23.1. The first-order valence-corrected chi connectivity index (χ1v) is 9.37. The van der Waals surface area contributed by atoms with Crippen LogP contribution in [0.4, 0.5) is 18.9 Å². The van der Waals surface area contributed by atoms with E-state index in [1.807, 2.05) is 0 Å². The zero-order valence-electron chi connectivity index (χ0n) is 16.9. The Bertz CT molecular complexity index is 1060. The van der Waals surface area contributed by atoms with Gasteiger partial charge in [-0.2, -0.15) is 13.2 Å². The molecule has 2 amide bonds. The van der Waals surface area contributed by atoms with Crippen molar-refractivity contribution < 1.29 is 27.5 Å². The maximum atomic E-state index is 13.2. The average molecular weight is 448 g/mol. The van der Waals surface area contributed by atoms with Crippen molar-refractivity contribution in [3.63, 3.8) is 0 Å². The zero-order valence-corrected chi connectivity index (χ0v) is 16.9. The summed E-state index contributed by atoms with van der Waals surface area (Å²) in [5, 5.41) is 13.1. The Balaban J connectivity index is 1.74. The SMILES string of the molecule is COCCN(CC(=O)Nc1ccccc1C(F)(F)F)C(=O)c1ccc(-n2cnnn2)cc1. The third-order valence-electron chi connectivity index (χ3n) is 4.42. The van der Waals surface area contributed by atoms with E-state index in [9.17, 15) is 22.8 Å². The van der Waals surface area contributed by atoms with Crippen LogP contribution in [0.1, 0.15) is 15.9 Å². The van der Waals surface area contributed by atoms with E-state index >= 15 is 0 Å². The van der Waals surface area contributed by atoms with Crippen LogP contribution in [0.2, 0.25) is 0 Å². The second-order valence-corrected chi connectivity index (χ2v) is 6.61. The number of alkyl halides is 3. The lowest BCUT2D eigenvalue weighted by Gasteiger charge is -2.22. The predicted molar refractivity (Wildman–Crippen MR) is 107 cm³/mol. The van der Waals surface area contributed by atoms with Gasteiger partial charge in [-0.05, 0) is 46.8 Å². The summed E-state index contributed by atoms with van der Waals surface area (Å²) in [7, 11) is 1.43. The molecule has 32 heavy (non-hydrogen) atoms. The van der Waals surface area contributed by atoms with Crippen molar-refractivity contribution in [1.82, 2.24) is 25.1 Å². The van der Waals surface area contributed by atoms with Crippen LogP contribution in [0.3, 0.4) is 0 Å². The fourth-order valence-corrected chi connectivity index (χ4v) is 2.88. The second-order valence-electron chi connectivity index (χ2n) is 6.61. The highest BCUT2D eigenvalue weighted by Crippen LogP contribution is 2.34. The van der Waals surface area contributed by atoms with E-state index in [-0.39, 0.29) is 24.4 Å². The molecular formula is C20H19F3N6O3. The molecule has 3 aromatic rings. The van der Waals surface area contributed by atoms with Crippen LogP contribution < -0.4 is 5.32 Å². The number of nitrogens with one attached hydrogen (secondary N) is 1. The molecule has 0 bridgehead atoms. The third kappa shape index (κ3) is 5.66. The van der Waals surface area contributed by atoms with Crippen LogP contribution in [0.15, 0.2) is 54.9 Å². The molecule has 1 heterocycles. The highest BCUT2D eigenvalue weighted by molar-refractivity contribution is 5.99. The van der Waals surface area contributed by atoms with Gasteiger partial charge in [-0.25, -0.2) is 4.68 Å². The number of hydrogen-bond donors (Lipinski definition) is 1. The lowest BCUT2D eigenvalue weighted by molar-refractivity contribution is -0.137. The van der Waals surface area contributed by atoms with Crippen LogP contribution in [-0.2, 0) is 15.7 Å². The number of halogens is 3. The maximum absolute atomic E-state index is 13.2. The first-order valence-electron chi connectivity index (χ1n) is 9.37. The number of benzene rings is 2. The van der Waals surface area contributed by atoms with E-state index in [1.165, 1.54) is 47.3 Å². The third-order valence-corrected chi connectivity index (χ3v) is 4.42. The Labute approximate surface area is 180 Å². The number of para-hydroxylation sites is 1. The lowest BCUT2D eigenvalue weighted by Crippen LogP contribution is -2.40. The molecule has 3 rings (SSSR count). The molecule has 0 aliphatic heterocycles. The molecule has 12 heteroatoms. The van der Waals surface area contributed by atoms with E-state index in [0.29, 0.717) is 5.69 Å². The summed E-state index contributed by atoms with van der Waals surface area (Å²) in [6.07, 6.45) is -3.23. The minimum absolute atomic E-state index is 0.0679. The van der Waals surface area contributed by atoms with Crippen molar-refractivity contribution >= 4 is 17.5 Å². The Hall–Kier alpha value is -3.80. The normalized spacial score (nSPS) is 11.2. The van der Waals surface area contributed by atoms with Crippen molar-refractivity contribution in [1.29, 1.82) is 0 Å². The fourth-order valence-electron chi connectivity index (χ4n) is 2.88. The van der Waals surface area contributed by atoms with E-state index < -0.39 is 30.1 Å². The molecule has 9 nitrogen and oxygen atoms in total. The number of nitrogens with zero attached hydrogens (tertiary/aromatic N) is 5. The lowest BCUT2D eigenvalue weighted by atomic mass is 10.1. The van der Waals surface area contributed by atoms with Crippen molar-refractivity contribution in [2.24, 2.45) is 0 Å². The standard InChI is InChI=1S/C20H19F3N6O3/c1-32-11-10-28(12-18(30)25-17-5-3-2-4-16(17)20(21,22)23)19(31)14-6-8-15(9-7-14)29-13-24-26-27-29/h2-9,13H,10-12H2,1H3,(H,25,30). The molecule has 0 saturated carbocycles. The van der Waals surface area contributed by atoms with Crippen LogP contribution in [-0.4, -0.2) is 63.7 Å². The van der Waals surface area contributed by atoms with Gasteiger partial charge in [0.25, 0.3) is 5.91 Å². The molecule has 0 saturated heterocycles. The number of methoxy groups -OCH3 is 1. The Morgan fingerprint density at radius 3 is 2.47 bits per heavy atom. The molecule has 1 N–H and O–H groups in total. The Morgan fingerprint density at radius 2 is 1.84 bits per heavy atom. The number of tetrazole rings is 1. The maximum Gasteiger partial charge on any atom is 0.418 e. The summed E-state index contributed by atoms with van der Waals surface area (Å²) in [6, 6.07) is 11.0. The molecule has 0 spiro atoms. The number of aromatic nitrogens is 4. The smallest absolute Gasteiger partial charge is 0.383 e. The van der Waals surface area contributed by atoms with Gasteiger partial charge >= 0.3 is 6.18 Å². The monoisotopic (exact) mass is 448 g/mol. The molecule has 2 aromatic carbocycles. The fraction of sp³-hybridized carbons (Fsp3) is 0.250. The van der Waals surface area contributed by atoms with Gasteiger partial charge in [-0.1, -0.05) is 12.1 Å². The highest BCUT2D eigenvalue weighted by atomic mass is 19.4. The Kier molecular flexibility index (Phi) is 7.15. The van der Waals surface area contributed by atoms with Gasteiger partial charge in [0, 0.05) is 19.2 Å². The van der Waals surface area contributed by atoms with Crippen LogP contribution in [0.25, 0.3) is 5.69 Å². The molecule has 168 valence electrons. The van der Waals surface area contributed by atoms with Gasteiger partial charge in [0.2, 0.25) is 5.91 Å². The summed E-state index contributed by atoms with van der Waals surface area (Å²) in [6.45, 7) is -0.248. The highest BCUT2D eigenvalue weighted by Gasteiger charge is 2.33. The van der Waals surface area contributed by atoms with Gasteiger partial charge in [0.1, 0.15) is 12.9 Å². The van der Waals surface area contributed by atoms with Gasteiger partial charge < -0.3 is 15.0 Å². The summed E-state index contributed by atoms with van der Waals surface area (Å²) in [5.41, 5.74) is -0.450. The number of anilines is 1. The molecule has 0 aliphatic carbocycles. The number of amides is 2. The molecule has 1 aromatic heterocycles. The van der Waals surface area contributed by atoms with Gasteiger partial charge in [0.05, 0.1) is 23.5 Å². The van der Waals surface area contributed by atoms with E-state index in [4.69, 9.17) is 4.74 Å². The molecule has 0 aliphatic rings. The van der Waals surface area contributed by atoms with Gasteiger partial charge in [-0.15, -0.1) is 5.10 Å². The first-order chi connectivity index (χ1) is 15.3. The largest absolute Gasteiger partial charge is 0.418 e. The second kappa shape index (κ2) is 10.0.